The number of carbonyl (C=O) groups is 1. The molecule has 0 unspecified atom stereocenters. The zero-order valence-electron chi connectivity index (χ0n) is 18.5. The first kappa shape index (κ1) is 21.6. The van der Waals surface area contributed by atoms with Gasteiger partial charge in [0.2, 0.25) is 0 Å². The van der Waals surface area contributed by atoms with Gasteiger partial charge in [0.25, 0.3) is 0 Å². The molecule has 0 aliphatic heterocycles. The van der Waals surface area contributed by atoms with Gasteiger partial charge < -0.3 is 4.74 Å². The van der Waals surface area contributed by atoms with Crippen LogP contribution >= 0.6 is 0 Å². The maximum atomic E-state index is 12.4. The van der Waals surface area contributed by atoms with Crippen LogP contribution < -0.4 is 0 Å². The summed E-state index contributed by atoms with van der Waals surface area (Å²) in [5, 5.41) is 0. The molecule has 31 heavy (non-hydrogen) atoms. The average molecular weight is 415 g/mol. The molecule has 2 aliphatic rings. The van der Waals surface area contributed by atoms with Crippen LogP contribution in [0.2, 0.25) is 0 Å². The number of hydrogen-bond donors (Lipinski definition) is 0. The van der Waals surface area contributed by atoms with Crippen LogP contribution in [0.5, 0.6) is 0 Å². The Morgan fingerprint density at radius 2 is 1.23 bits per heavy atom. The van der Waals surface area contributed by atoms with Gasteiger partial charge in [0.15, 0.2) is 0 Å². The number of rotatable bonds is 6. The monoisotopic (exact) mass is 414 g/mol. The molecule has 2 heteroatoms. The molecular formula is C29H34O2. The second-order valence-corrected chi connectivity index (χ2v) is 9.15. The van der Waals surface area contributed by atoms with Crippen LogP contribution in [0.25, 0.3) is 11.6 Å². The molecule has 0 saturated heterocycles. The molecule has 2 saturated carbocycles. The van der Waals surface area contributed by atoms with E-state index in [4.69, 9.17) is 4.74 Å². The van der Waals surface area contributed by atoms with E-state index in [-0.39, 0.29) is 0 Å². The maximum Gasteiger partial charge on any atom is 0.342 e. The largest absolute Gasteiger partial charge is 0.431 e. The Morgan fingerprint density at radius 3 is 1.74 bits per heavy atom. The van der Waals surface area contributed by atoms with Gasteiger partial charge in [0.05, 0.1) is 11.8 Å². The number of benzene rings is 2. The Hall–Kier alpha value is -2.61. The minimum Gasteiger partial charge on any atom is -0.431 e. The Labute approximate surface area is 187 Å². The number of esters is 1. The van der Waals surface area contributed by atoms with Crippen molar-refractivity contribution in [3.8, 4) is 0 Å². The van der Waals surface area contributed by atoms with Gasteiger partial charge in [0.1, 0.15) is 0 Å². The van der Waals surface area contributed by atoms with Crippen LogP contribution in [0.4, 0.5) is 0 Å². The van der Waals surface area contributed by atoms with Crippen molar-refractivity contribution in [2.24, 2.45) is 0 Å². The Kier molecular flexibility index (Phi) is 7.40. The predicted molar refractivity (Wildman–Crippen MR) is 129 cm³/mol. The molecule has 162 valence electrons. The lowest BCUT2D eigenvalue weighted by Gasteiger charge is -2.22. The molecule has 0 amide bonds. The molecular weight excluding hydrogens is 380 g/mol. The molecule has 0 bridgehead atoms. The summed E-state index contributed by atoms with van der Waals surface area (Å²) in [7, 11) is 0. The van der Waals surface area contributed by atoms with Crippen LogP contribution in [0.1, 0.15) is 98.3 Å². The van der Waals surface area contributed by atoms with Crippen LogP contribution in [0.3, 0.4) is 0 Å². The van der Waals surface area contributed by atoms with Crippen LogP contribution in [-0.2, 0) is 9.53 Å². The summed E-state index contributed by atoms with van der Waals surface area (Å²) < 4.78 is 5.34. The van der Waals surface area contributed by atoms with Crippen LogP contribution in [0.15, 0.2) is 61.4 Å². The van der Waals surface area contributed by atoms with Crippen molar-refractivity contribution in [2.45, 2.75) is 76.0 Å². The van der Waals surface area contributed by atoms with E-state index in [2.05, 4.69) is 43.0 Å². The van der Waals surface area contributed by atoms with Crippen LogP contribution in [0, 0.1) is 0 Å². The number of ether oxygens (including phenoxy) is 1. The fourth-order valence-electron chi connectivity index (χ4n) is 5.07. The molecule has 0 spiro atoms. The van der Waals surface area contributed by atoms with Gasteiger partial charge in [-0.1, -0.05) is 93.6 Å². The fourth-order valence-corrected chi connectivity index (χ4v) is 5.07. The zero-order valence-corrected chi connectivity index (χ0v) is 18.5. The summed E-state index contributed by atoms with van der Waals surface area (Å²) in [5.74, 6) is 0.966. The summed E-state index contributed by atoms with van der Waals surface area (Å²) >= 11 is 0. The molecule has 2 aromatic carbocycles. The number of carbonyl (C=O) groups excluding carboxylic acids is 1. The van der Waals surface area contributed by atoms with E-state index in [9.17, 15) is 4.79 Å². The van der Waals surface area contributed by atoms with Gasteiger partial charge in [-0.05, 0) is 65.8 Å². The zero-order chi connectivity index (χ0) is 21.5. The topological polar surface area (TPSA) is 26.3 Å². The molecule has 4 rings (SSSR count). The highest BCUT2D eigenvalue weighted by molar-refractivity contribution is 6.15. The highest BCUT2D eigenvalue weighted by atomic mass is 16.5. The first-order valence-electron chi connectivity index (χ1n) is 12.0. The van der Waals surface area contributed by atoms with E-state index in [1.165, 1.54) is 81.6 Å². The fraction of sp³-hybridized carbons (Fsp3) is 0.414. The maximum absolute atomic E-state index is 12.4. The molecule has 0 aromatic heterocycles. The van der Waals surface area contributed by atoms with Gasteiger partial charge >= 0.3 is 5.97 Å². The third-order valence-corrected chi connectivity index (χ3v) is 7.03. The summed E-state index contributed by atoms with van der Waals surface area (Å²) in [4.78, 5) is 12.4. The van der Waals surface area contributed by atoms with Crippen molar-refractivity contribution in [1.29, 1.82) is 0 Å². The normalized spacial score (nSPS) is 18.2. The van der Waals surface area contributed by atoms with E-state index < -0.39 is 5.97 Å². The molecule has 2 fully saturated rings. The van der Waals surface area contributed by atoms with Crippen LogP contribution in [-0.4, -0.2) is 5.97 Å². The molecule has 0 heterocycles. The molecule has 0 radical (unpaired) electrons. The molecule has 2 nitrogen and oxygen atoms in total. The molecule has 0 N–H and O–H groups in total. The third-order valence-electron chi connectivity index (χ3n) is 7.03. The lowest BCUT2D eigenvalue weighted by Crippen LogP contribution is -2.05. The predicted octanol–water partition coefficient (Wildman–Crippen LogP) is 8.01. The average Bonchev–Trinajstić information content (AvgIpc) is 2.85. The SMILES string of the molecule is C=C(C(=O)OC=Cc1ccc(C2CCCCC2)cc1)c1ccc(C2CCCCC2)cc1. The Balaban J connectivity index is 1.29. The Morgan fingerprint density at radius 1 is 0.742 bits per heavy atom. The smallest absolute Gasteiger partial charge is 0.342 e. The second-order valence-electron chi connectivity index (χ2n) is 9.15. The summed E-state index contributed by atoms with van der Waals surface area (Å²) in [6, 6.07) is 16.9. The third kappa shape index (κ3) is 5.76. The van der Waals surface area contributed by atoms with Gasteiger partial charge in [-0.3, -0.25) is 0 Å². The molecule has 2 aliphatic carbocycles. The van der Waals surface area contributed by atoms with E-state index in [1.54, 1.807) is 0 Å². The van der Waals surface area contributed by atoms with E-state index in [0.29, 0.717) is 17.4 Å². The first-order chi connectivity index (χ1) is 15.2. The second kappa shape index (κ2) is 10.6. The minimum absolute atomic E-state index is 0.396. The van der Waals surface area contributed by atoms with Gasteiger partial charge in [-0.25, -0.2) is 4.79 Å². The summed E-state index contributed by atoms with van der Waals surface area (Å²) in [6.45, 7) is 3.95. The lowest BCUT2D eigenvalue weighted by molar-refractivity contribution is -0.131. The summed E-state index contributed by atoms with van der Waals surface area (Å²) in [6.07, 6.45) is 16.5. The summed E-state index contributed by atoms with van der Waals surface area (Å²) in [5.41, 5.74) is 5.07. The quantitative estimate of drug-likeness (QED) is 0.272. The Bertz CT molecular complexity index is 893. The molecule has 2 aromatic rings. The van der Waals surface area contributed by atoms with E-state index in [1.807, 2.05) is 18.2 Å². The highest BCUT2D eigenvalue weighted by Crippen LogP contribution is 2.34. The number of hydrogen-bond acceptors (Lipinski definition) is 2. The van der Waals surface area contributed by atoms with E-state index in [0.717, 1.165) is 11.1 Å². The van der Waals surface area contributed by atoms with Gasteiger partial charge in [-0.2, -0.15) is 0 Å². The van der Waals surface area contributed by atoms with Gasteiger partial charge in [-0.15, -0.1) is 0 Å². The molecule has 0 atom stereocenters. The van der Waals surface area contributed by atoms with Crippen molar-refractivity contribution < 1.29 is 9.53 Å². The highest BCUT2D eigenvalue weighted by Gasteiger charge is 2.17. The van der Waals surface area contributed by atoms with Crippen molar-refractivity contribution in [3.63, 3.8) is 0 Å². The van der Waals surface area contributed by atoms with Crippen molar-refractivity contribution >= 4 is 17.6 Å². The van der Waals surface area contributed by atoms with Crippen molar-refractivity contribution in [2.75, 3.05) is 0 Å². The first-order valence-corrected chi connectivity index (χ1v) is 12.0. The minimum atomic E-state index is -0.402. The van der Waals surface area contributed by atoms with Crippen molar-refractivity contribution in [3.05, 3.63) is 83.6 Å². The standard InChI is InChI=1S/C29H34O2/c1-22(24-16-18-28(19-17-24)26-10-6-3-7-11-26)29(30)31-21-20-23-12-14-27(15-13-23)25-8-4-2-5-9-25/h12-21,25-26H,1-11H2. The van der Waals surface area contributed by atoms with Crippen molar-refractivity contribution in [1.82, 2.24) is 0 Å². The lowest BCUT2D eigenvalue weighted by atomic mass is 9.84. The van der Waals surface area contributed by atoms with Gasteiger partial charge in [0, 0.05) is 0 Å². The van der Waals surface area contributed by atoms with E-state index >= 15 is 0 Å².